The van der Waals surface area contributed by atoms with Crippen LogP contribution in [0.25, 0.3) is 16.9 Å². The standard InChI is InChI=1S/C26H27N3O2/c1-19-9-12-23(13-10-19)29-18-22(26(28-29)20-7-5-4-6-8-20)17-27-16-21-11-14-24(30-2)15-25(21)31-3/h4-15,18,27H,16-17H2,1-3H3. The van der Waals surface area contributed by atoms with Crippen LogP contribution >= 0.6 is 0 Å². The highest BCUT2D eigenvalue weighted by molar-refractivity contribution is 5.63. The van der Waals surface area contributed by atoms with Crippen LogP contribution in [0.15, 0.2) is 79.0 Å². The van der Waals surface area contributed by atoms with Gasteiger partial charge >= 0.3 is 0 Å². The van der Waals surface area contributed by atoms with Crippen LogP contribution in [0.2, 0.25) is 0 Å². The van der Waals surface area contributed by atoms with Crippen LogP contribution in [-0.4, -0.2) is 24.0 Å². The number of rotatable bonds is 8. The summed E-state index contributed by atoms with van der Waals surface area (Å²) in [5, 5.41) is 8.44. The number of aromatic nitrogens is 2. The summed E-state index contributed by atoms with van der Waals surface area (Å²) in [5.74, 6) is 1.59. The van der Waals surface area contributed by atoms with Crippen LogP contribution < -0.4 is 14.8 Å². The third-order valence-electron chi connectivity index (χ3n) is 5.26. The molecule has 0 aliphatic rings. The summed E-state index contributed by atoms with van der Waals surface area (Å²) in [6, 6.07) is 24.6. The van der Waals surface area contributed by atoms with Gasteiger partial charge in [-0.05, 0) is 25.1 Å². The Hall–Kier alpha value is -3.57. The first-order valence-corrected chi connectivity index (χ1v) is 10.3. The largest absolute Gasteiger partial charge is 0.497 e. The van der Waals surface area contributed by atoms with E-state index in [1.54, 1.807) is 14.2 Å². The molecule has 0 unspecified atom stereocenters. The van der Waals surface area contributed by atoms with Gasteiger partial charge in [-0.25, -0.2) is 4.68 Å². The molecule has 4 aromatic rings. The maximum absolute atomic E-state index is 5.52. The van der Waals surface area contributed by atoms with Gasteiger partial charge in [0.1, 0.15) is 11.5 Å². The van der Waals surface area contributed by atoms with E-state index < -0.39 is 0 Å². The van der Waals surface area contributed by atoms with Crippen molar-refractivity contribution in [3.05, 3.63) is 95.7 Å². The van der Waals surface area contributed by atoms with E-state index in [-0.39, 0.29) is 0 Å². The number of aryl methyl sites for hydroxylation is 1. The van der Waals surface area contributed by atoms with E-state index >= 15 is 0 Å². The highest BCUT2D eigenvalue weighted by Crippen LogP contribution is 2.26. The zero-order valence-corrected chi connectivity index (χ0v) is 18.1. The number of nitrogens with zero attached hydrogens (tertiary/aromatic N) is 2. The molecule has 5 heteroatoms. The minimum atomic E-state index is 0.678. The first-order valence-electron chi connectivity index (χ1n) is 10.3. The lowest BCUT2D eigenvalue weighted by molar-refractivity contribution is 0.390. The van der Waals surface area contributed by atoms with Crippen molar-refractivity contribution < 1.29 is 9.47 Å². The zero-order valence-electron chi connectivity index (χ0n) is 18.1. The van der Waals surface area contributed by atoms with E-state index in [9.17, 15) is 0 Å². The molecular weight excluding hydrogens is 386 g/mol. The minimum absolute atomic E-state index is 0.678. The molecule has 0 atom stereocenters. The second-order valence-corrected chi connectivity index (χ2v) is 7.43. The first kappa shape index (κ1) is 20.7. The van der Waals surface area contributed by atoms with Crippen LogP contribution in [0.3, 0.4) is 0 Å². The van der Waals surface area contributed by atoms with Crippen molar-refractivity contribution in [3.8, 4) is 28.4 Å². The Kier molecular flexibility index (Phi) is 6.34. The molecule has 0 radical (unpaired) electrons. The Labute approximate surface area is 183 Å². The Morgan fingerprint density at radius 2 is 1.58 bits per heavy atom. The fourth-order valence-electron chi connectivity index (χ4n) is 3.54. The van der Waals surface area contributed by atoms with E-state index in [0.29, 0.717) is 13.1 Å². The van der Waals surface area contributed by atoms with Crippen LogP contribution in [0.1, 0.15) is 16.7 Å². The molecule has 1 aromatic heterocycles. The molecule has 0 saturated carbocycles. The van der Waals surface area contributed by atoms with Crippen molar-refractivity contribution in [1.29, 1.82) is 0 Å². The Balaban J connectivity index is 1.58. The van der Waals surface area contributed by atoms with Gasteiger partial charge < -0.3 is 14.8 Å². The summed E-state index contributed by atoms with van der Waals surface area (Å²) < 4.78 is 12.8. The summed E-state index contributed by atoms with van der Waals surface area (Å²) in [4.78, 5) is 0. The summed E-state index contributed by atoms with van der Waals surface area (Å²) in [5.41, 5.74) is 6.58. The smallest absolute Gasteiger partial charge is 0.127 e. The van der Waals surface area contributed by atoms with Crippen LogP contribution in [0.4, 0.5) is 0 Å². The fourth-order valence-corrected chi connectivity index (χ4v) is 3.54. The number of methoxy groups -OCH3 is 2. The molecule has 0 fully saturated rings. The van der Waals surface area contributed by atoms with E-state index in [4.69, 9.17) is 14.6 Å². The monoisotopic (exact) mass is 413 g/mol. The zero-order chi connectivity index (χ0) is 21.6. The van der Waals surface area contributed by atoms with Gasteiger partial charge in [-0.1, -0.05) is 54.1 Å². The molecule has 0 amide bonds. The van der Waals surface area contributed by atoms with E-state index in [1.807, 2.05) is 41.1 Å². The van der Waals surface area contributed by atoms with Crippen molar-refractivity contribution in [2.45, 2.75) is 20.0 Å². The summed E-state index contributed by atoms with van der Waals surface area (Å²) in [6.07, 6.45) is 2.10. The van der Waals surface area contributed by atoms with Gasteiger partial charge in [0.15, 0.2) is 0 Å². The van der Waals surface area contributed by atoms with Crippen LogP contribution in [-0.2, 0) is 13.1 Å². The van der Waals surface area contributed by atoms with Gasteiger partial charge in [-0.3, -0.25) is 0 Å². The molecule has 0 bridgehead atoms. The number of hydrogen-bond acceptors (Lipinski definition) is 4. The second-order valence-electron chi connectivity index (χ2n) is 7.43. The molecule has 0 spiro atoms. The molecule has 0 aliphatic heterocycles. The maximum Gasteiger partial charge on any atom is 0.127 e. The van der Waals surface area contributed by atoms with Gasteiger partial charge in [0, 0.05) is 42.0 Å². The van der Waals surface area contributed by atoms with Crippen LogP contribution in [0.5, 0.6) is 11.5 Å². The highest BCUT2D eigenvalue weighted by atomic mass is 16.5. The van der Waals surface area contributed by atoms with Crippen molar-refractivity contribution in [1.82, 2.24) is 15.1 Å². The minimum Gasteiger partial charge on any atom is -0.497 e. The quantitative estimate of drug-likeness (QED) is 0.434. The first-order chi connectivity index (χ1) is 15.2. The predicted octanol–water partition coefficient (Wildman–Crippen LogP) is 5.15. The number of benzene rings is 3. The lowest BCUT2D eigenvalue weighted by Crippen LogP contribution is -2.13. The third-order valence-corrected chi connectivity index (χ3v) is 5.26. The molecule has 31 heavy (non-hydrogen) atoms. The lowest BCUT2D eigenvalue weighted by Gasteiger charge is -2.11. The Morgan fingerprint density at radius 3 is 2.29 bits per heavy atom. The van der Waals surface area contributed by atoms with Crippen molar-refractivity contribution >= 4 is 0 Å². The summed E-state index contributed by atoms with van der Waals surface area (Å²) >= 11 is 0. The highest BCUT2D eigenvalue weighted by Gasteiger charge is 2.13. The average Bonchev–Trinajstić information content (AvgIpc) is 3.24. The molecule has 5 nitrogen and oxygen atoms in total. The summed E-state index contributed by atoms with van der Waals surface area (Å²) in [6.45, 7) is 3.45. The molecule has 1 heterocycles. The average molecular weight is 414 g/mol. The van der Waals surface area contributed by atoms with Crippen LogP contribution in [0, 0.1) is 6.92 Å². The predicted molar refractivity (Wildman–Crippen MR) is 124 cm³/mol. The van der Waals surface area contributed by atoms with E-state index in [0.717, 1.165) is 39.6 Å². The third kappa shape index (κ3) is 4.78. The van der Waals surface area contributed by atoms with Crippen molar-refractivity contribution in [2.24, 2.45) is 0 Å². The van der Waals surface area contributed by atoms with Gasteiger partial charge in [-0.15, -0.1) is 0 Å². The van der Waals surface area contributed by atoms with Gasteiger partial charge in [0.2, 0.25) is 0 Å². The molecular formula is C26H27N3O2. The second kappa shape index (κ2) is 9.49. The molecule has 0 aliphatic carbocycles. The number of hydrogen-bond donors (Lipinski definition) is 1. The van der Waals surface area contributed by atoms with E-state index in [1.165, 1.54) is 5.56 Å². The molecule has 3 aromatic carbocycles. The Bertz CT molecular complexity index is 1140. The van der Waals surface area contributed by atoms with Gasteiger partial charge in [0.25, 0.3) is 0 Å². The molecule has 158 valence electrons. The molecule has 4 rings (SSSR count). The normalized spacial score (nSPS) is 10.8. The fraction of sp³-hybridized carbons (Fsp3) is 0.192. The summed E-state index contributed by atoms with van der Waals surface area (Å²) in [7, 11) is 3.33. The van der Waals surface area contributed by atoms with Gasteiger partial charge in [0.05, 0.1) is 25.6 Å². The molecule has 1 N–H and O–H groups in total. The van der Waals surface area contributed by atoms with Gasteiger partial charge in [-0.2, -0.15) is 5.10 Å². The van der Waals surface area contributed by atoms with Crippen molar-refractivity contribution in [2.75, 3.05) is 14.2 Å². The number of ether oxygens (including phenoxy) is 2. The van der Waals surface area contributed by atoms with Crippen molar-refractivity contribution in [3.63, 3.8) is 0 Å². The SMILES string of the molecule is COc1ccc(CNCc2cn(-c3ccc(C)cc3)nc2-c2ccccc2)c(OC)c1. The molecule has 0 saturated heterocycles. The van der Waals surface area contributed by atoms with E-state index in [2.05, 4.69) is 54.8 Å². The lowest BCUT2D eigenvalue weighted by atomic mass is 10.1. The maximum atomic E-state index is 5.52. The number of nitrogens with one attached hydrogen (secondary N) is 1. The Morgan fingerprint density at radius 1 is 0.839 bits per heavy atom. The topological polar surface area (TPSA) is 48.3 Å².